The van der Waals surface area contributed by atoms with Gasteiger partial charge in [-0.25, -0.2) is 14.8 Å². The molecule has 2 aromatic rings. The zero-order valence-electron chi connectivity index (χ0n) is 19.5. The van der Waals surface area contributed by atoms with Gasteiger partial charge in [-0.15, -0.1) is 0 Å². The summed E-state index contributed by atoms with van der Waals surface area (Å²) in [5, 5.41) is 0. The van der Waals surface area contributed by atoms with Crippen molar-refractivity contribution in [3.05, 3.63) is 47.3 Å². The van der Waals surface area contributed by atoms with Crippen LogP contribution in [0.15, 0.2) is 30.6 Å². The highest BCUT2D eigenvalue weighted by Crippen LogP contribution is 2.38. The fourth-order valence-corrected chi connectivity index (χ4v) is 3.27. The molecule has 1 aliphatic carbocycles. The van der Waals surface area contributed by atoms with Gasteiger partial charge < -0.3 is 9.64 Å². The van der Waals surface area contributed by atoms with E-state index in [0.29, 0.717) is 24.0 Å². The van der Waals surface area contributed by atoms with Gasteiger partial charge >= 0.3 is 5.97 Å². The molecular formula is C25H35N3O2. The lowest BCUT2D eigenvalue weighted by Crippen LogP contribution is -2.25. The molecule has 0 unspecified atom stereocenters. The molecule has 0 amide bonds. The number of hydrogen-bond donors (Lipinski definition) is 0. The van der Waals surface area contributed by atoms with Crippen molar-refractivity contribution in [3.63, 3.8) is 0 Å². The van der Waals surface area contributed by atoms with Crippen molar-refractivity contribution < 1.29 is 9.53 Å². The Morgan fingerprint density at radius 2 is 1.53 bits per heavy atom. The largest absolute Gasteiger partial charge is 0.462 e. The number of rotatable bonds is 6. The first-order valence-corrected chi connectivity index (χ1v) is 10.9. The Morgan fingerprint density at radius 1 is 1.00 bits per heavy atom. The summed E-state index contributed by atoms with van der Waals surface area (Å²) in [6, 6.07) is 6.85. The number of anilines is 2. The molecule has 0 radical (unpaired) electrons. The maximum absolute atomic E-state index is 12.0. The minimum Gasteiger partial charge on any atom is -0.462 e. The van der Waals surface area contributed by atoms with Crippen molar-refractivity contribution in [2.45, 2.75) is 72.1 Å². The van der Waals surface area contributed by atoms with Crippen molar-refractivity contribution >= 4 is 17.6 Å². The maximum atomic E-state index is 12.0. The monoisotopic (exact) mass is 409 g/mol. The Bertz CT molecular complexity index is 856. The SMILES string of the molecule is CCOC(=O)c1cnc(N(CC2CC2)c2cc(C(C)(C)C)cc(C(C)(C)C)c2)nc1. The van der Waals surface area contributed by atoms with Crippen LogP contribution in [0.5, 0.6) is 0 Å². The van der Waals surface area contributed by atoms with Gasteiger partial charge in [0.15, 0.2) is 0 Å². The minimum absolute atomic E-state index is 0.0376. The molecule has 5 heteroatoms. The third-order valence-corrected chi connectivity index (χ3v) is 5.49. The molecule has 1 heterocycles. The molecule has 30 heavy (non-hydrogen) atoms. The number of benzene rings is 1. The van der Waals surface area contributed by atoms with Gasteiger partial charge in [-0.05, 0) is 59.8 Å². The Labute approximate surface area is 180 Å². The molecule has 162 valence electrons. The van der Waals surface area contributed by atoms with Gasteiger partial charge in [0.25, 0.3) is 0 Å². The highest BCUT2D eigenvalue weighted by molar-refractivity contribution is 5.88. The lowest BCUT2D eigenvalue weighted by Gasteiger charge is -2.30. The molecule has 0 N–H and O–H groups in total. The van der Waals surface area contributed by atoms with Gasteiger partial charge in [-0.3, -0.25) is 0 Å². The summed E-state index contributed by atoms with van der Waals surface area (Å²) in [6.07, 6.45) is 5.61. The summed E-state index contributed by atoms with van der Waals surface area (Å²) < 4.78 is 5.06. The molecule has 0 aliphatic heterocycles. The second-order valence-electron chi connectivity index (χ2n) is 10.3. The van der Waals surface area contributed by atoms with E-state index in [1.165, 1.54) is 24.0 Å². The average molecular weight is 410 g/mol. The second-order valence-corrected chi connectivity index (χ2v) is 10.3. The van der Waals surface area contributed by atoms with Gasteiger partial charge in [0.05, 0.1) is 12.2 Å². The lowest BCUT2D eigenvalue weighted by molar-refractivity contribution is 0.0525. The third-order valence-electron chi connectivity index (χ3n) is 5.49. The Kier molecular flexibility index (Phi) is 6.21. The van der Waals surface area contributed by atoms with E-state index in [4.69, 9.17) is 4.74 Å². The van der Waals surface area contributed by atoms with Crippen LogP contribution in [0, 0.1) is 5.92 Å². The van der Waals surface area contributed by atoms with Crippen molar-refractivity contribution in [2.75, 3.05) is 18.1 Å². The summed E-state index contributed by atoms with van der Waals surface area (Å²) in [5.74, 6) is 0.901. The van der Waals surface area contributed by atoms with Crippen LogP contribution < -0.4 is 4.90 Å². The molecule has 1 aliphatic rings. The topological polar surface area (TPSA) is 55.3 Å². The summed E-state index contributed by atoms with van der Waals surface area (Å²) in [6.45, 7) is 16.5. The van der Waals surface area contributed by atoms with E-state index in [2.05, 4.69) is 74.6 Å². The van der Waals surface area contributed by atoms with Crippen LogP contribution >= 0.6 is 0 Å². The Morgan fingerprint density at radius 3 is 1.97 bits per heavy atom. The first-order valence-electron chi connectivity index (χ1n) is 10.9. The molecule has 3 rings (SSSR count). The van der Waals surface area contributed by atoms with Crippen LogP contribution in [0.1, 0.15) is 82.8 Å². The van der Waals surface area contributed by atoms with E-state index in [1.807, 2.05) is 0 Å². The summed E-state index contributed by atoms with van der Waals surface area (Å²) in [5.41, 5.74) is 4.17. The number of carbonyl (C=O) groups excluding carboxylic acids is 1. The predicted octanol–water partition coefficient (Wildman–Crippen LogP) is 5.80. The van der Waals surface area contributed by atoms with Gasteiger partial charge in [0.2, 0.25) is 5.95 Å². The molecule has 0 saturated heterocycles. The molecule has 1 aromatic heterocycles. The minimum atomic E-state index is -0.387. The zero-order valence-corrected chi connectivity index (χ0v) is 19.5. The maximum Gasteiger partial charge on any atom is 0.341 e. The number of ether oxygens (including phenoxy) is 1. The van der Waals surface area contributed by atoms with E-state index in [1.54, 1.807) is 19.3 Å². The molecule has 5 nitrogen and oxygen atoms in total. The van der Waals surface area contributed by atoms with Crippen molar-refractivity contribution in [3.8, 4) is 0 Å². The summed E-state index contributed by atoms with van der Waals surface area (Å²) in [7, 11) is 0. The van der Waals surface area contributed by atoms with Crippen LogP contribution in [0.25, 0.3) is 0 Å². The first-order chi connectivity index (χ1) is 14.0. The van der Waals surface area contributed by atoms with Gasteiger partial charge in [-0.1, -0.05) is 47.6 Å². The van der Waals surface area contributed by atoms with Crippen LogP contribution in [0.3, 0.4) is 0 Å². The highest BCUT2D eigenvalue weighted by Gasteiger charge is 2.29. The molecule has 0 spiro atoms. The number of esters is 1. The molecule has 1 fully saturated rings. The Hall–Kier alpha value is -2.43. The van der Waals surface area contributed by atoms with Gasteiger partial charge in [0.1, 0.15) is 0 Å². The number of carbonyl (C=O) groups is 1. The van der Waals surface area contributed by atoms with Crippen molar-refractivity contribution in [1.29, 1.82) is 0 Å². The normalized spacial score (nSPS) is 14.5. The fourth-order valence-electron chi connectivity index (χ4n) is 3.27. The quantitative estimate of drug-likeness (QED) is 0.565. The first kappa shape index (κ1) is 22.3. The van der Waals surface area contributed by atoms with Crippen LogP contribution in [-0.2, 0) is 15.6 Å². The zero-order chi connectivity index (χ0) is 22.1. The van der Waals surface area contributed by atoms with Gasteiger partial charge in [-0.2, -0.15) is 0 Å². The van der Waals surface area contributed by atoms with Crippen LogP contribution in [-0.4, -0.2) is 29.1 Å². The standard InChI is InChI=1S/C25H35N3O2/c1-8-30-22(29)18-14-26-23(27-15-18)28(16-17-9-10-17)21-12-19(24(2,3)4)11-20(13-21)25(5,6)7/h11-15,17H,8-10,16H2,1-7H3. The van der Waals surface area contributed by atoms with E-state index < -0.39 is 0 Å². The lowest BCUT2D eigenvalue weighted by atomic mass is 9.80. The second kappa shape index (κ2) is 8.37. The molecular weight excluding hydrogens is 374 g/mol. The summed E-state index contributed by atoms with van der Waals surface area (Å²) in [4.78, 5) is 23.3. The number of aromatic nitrogens is 2. The Balaban J connectivity index is 2.04. The van der Waals surface area contributed by atoms with E-state index >= 15 is 0 Å². The highest BCUT2D eigenvalue weighted by atomic mass is 16.5. The molecule has 1 aromatic carbocycles. The third kappa shape index (κ3) is 5.38. The van der Waals surface area contributed by atoms with Gasteiger partial charge in [0, 0.05) is 24.6 Å². The van der Waals surface area contributed by atoms with Crippen LogP contribution in [0.2, 0.25) is 0 Å². The van der Waals surface area contributed by atoms with E-state index in [-0.39, 0.29) is 16.8 Å². The molecule has 1 saturated carbocycles. The van der Waals surface area contributed by atoms with Crippen molar-refractivity contribution in [1.82, 2.24) is 9.97 Å². The number of hydrogen-bond acceptors (Lipinski definition) is 5. The smallest absolute Gasteiger partial charge is 0.341 e. The number of nitrogens with zero attached hydrogens (tertiary/aromatic N) is 3. The summed E-state index contributed by atoms with van der Waals surface area (Å²) >= 11 is 0. The van der Waals surface area contributed by atoms with E-state index in [9.17, 15) is 4.79 Å². The molecule has 0 bridgehead atoms. The fraction of sp³-hybridized carbons (Fsp3) is 0.560. The average Bonchev–Trinajstić information content (AvgIpc) is 3.49. The van der Waals surface area contributed by atoms with Crippen molar-refractivity contribution in [2.24, 2.45) is 5.92 Å². The predicted molar refractivity (Wildman–Crippen MR) is 122 cm³/mol. The van der Waals surface area contributed by atoms with Crippen LogP contribution in [0.4, 0.5) is 11.6 Å². The van der Waals surface area contributed by atoms with E-state index in [0.717, 1.165) is 12.2 Å². The molecule has 0 atom stereocenters.